The molecule has 1 fully saturated rings. The third-order valence-corrected chi connectivity index (χ3v) is 9.20. The standard InChI is InChI=1S/C16H30O2Si/c1-7-10-13-14(17)11-8-9-12-15(13)18-19(5,6)16(2,3)4/h7,13,15H,1,8-12H2,2-6H3/t13-,15+/m1/s1. The first-order valence-corrected chi connectivity index (χ1v) is 10.4. The van der Waals surface area contributed by atoms with Gasteiger partial charge in [-0.1, -0.05) is 33.3 Å². The first-order chi connectivity index (χ1) is 8.69. The van der Waals surface area contributed by atoms with Crippen LogP contribution < -0.4 is 0 Å². The van der Waals surface area contributed by atoms with Gasteiger partial charge in [-0.3, -0.25) is 4.79 Å². The zero-order valence-corrected chi connectivity index (χ0v) is 14.3. The molecule has 0 unspecified atom stereocenters. The normalized spacial score (nSPS) is 26.1. The maximum Gasteiger partial charge on any atom is 0.192 e. The lowest BCUT2D eigenvalue weighted by Crippen LogP contribution is -2.46. The lowest BCUT2D eigenvalue weighted by Gasteiger charge is -2.40. The van der Waals surface area contributed by atoms with E-state index in [9.17, 15) is 4.79 Å². The molecule has 1 rings (SSSR count). The molecule has 0 aliphatic heterocycles. The van der Waals surface area contributed by atoms with E-state index in [1.54, 1.807) is 0 Å². The molecule has 0 aromatic heterocycles. The summed E-state index contributed by atoms with van der Waals surface area (Å²) in [6.45, 7) is 15.1. The molecule has 1 aliphatic carbocycles. The Bertz CT molecular complexity index is 328. The summed E-state index contributed by atoms with van der Waals surface area (Å²) in [5.74, 6) is 0.412. The van der Waals surface area contributed by atoms with E-state index in [-0.39, 0.29) is 17.1 Å². The number of carbonyl (C=O) groups is 1. The van der Waals surface area contributed by atoms with E-state index < -0.39 is 8.32 Å². The minimum atomic E-state index is -1.80. The largest absolute Gasteiger partial charge is 0.413 e. The van der Waals surface area contributed by atoms with E-state index in [0.717, 1.165) is 32.1 Å². The van der Waals surface area contributed by atoms with Crippen molar-refractivity contribution in [1.82, 2.24) is 0 Å². The van der Waals surface area contributed by atoms with Gasteiger partial charge in [0, 0.05) is 12.3 Å². The molecule has 2 nitrogen and oxygen atoms in total. The molecule has 19 heavy (non-hydrogen) atoms. The van der Waals surface area contributed by atoms with Crippen LogP contribution >= 0.6 is 0 Å². The van der Waals surface area contributed by atoms with Crippen molar-refractivity contribution in [3.05, 3.63) is 12.7 Å². The number of allylic oxidation sites excluding steroid dienone is 1. The van der Waals surface area contributed by atoms with E-state index >= 15 is 0 Å². The predicted octanol–water partition coefficient (Wildman–Crippen LogP) is 4.71. The maximum atomic E-state index is 12.2. The lowest BCUT2D eigenvalue weighted by molar-refractivity contribution is -0.125. The van der Waals surface area contributed by atoms with Gasteiger partial charge in [0.25, 0.3) is 0 Å². The summed E-state index contributed by atoms with van der Waals surface area (Å²) in [5.41, 5.74) is 0. The van der Waals surface area contributed by atoms with Gasteiger partial charge in [0.05, 0.1) is 6.10 Å². The van der Waals surface area contributed by atoms with Gasteiger partial charge in [-0.05, 0) is 37.4 Å². The van der Waals surface area contributed by atoms with E-state index in [1.165, 1.54) is 0 Å². The molecule has 1 aliphatic rings. The Balaban J connectivity index is 2.87. The Hall–Kier alpha value is -0.413. The van der Waals surface area contributed by atoms with Crippen molar-refractivity contribution in [1.29, 1.82) is 0 Å². The Kier molecular flexibility index (Phi) is 5.57. The fourth-order valence-electron chi connectivity index (χ4n) is 2.40. The molecule has 0 saturated heterocycles. The second-order valence-electron chi connectivity index (χ2n) is 7.26. The number of hydrogen-bond donors (Lipinski definition) is 0. The Morgan fingerprint density at radius 2 is 2.00 bits per heavy atom. The Morgan fingerprint density at radius 3 is 2.53 bits per heavy atom. The van der Waals surface area contributed by atoms with Crippen LogP contribution in [-0.2, 0) is 9.22 Å². The fraction of sp³-hybridized carbons (Fsp3) is 0.812. The summed E-state index contributed by atoms with van der Waals surface area (Å²) in [4.78, 5) is 12.2. The van der Waals surface area contributed by atoms with E-state index in [4.69, 9.17) is 4.43 Å². The highest BCUT2D eigenvalue weighted by molar-refractivity contribution is 6.74. The number of hydrogen-bond acceptors (Lipinski definition) is 2. The molecular formula is C16H30O2Si. The highest BCUT2D eigenvalue weighted by Gasteiger charge is 2.42. The van der Waals surface area contributed by atoms with E-state index in [0.29, 0.717) is 5.78 Å². The SMILES string of the molecule is C=CC[C@@H]1C(=O)CCCC[C@@H]1O[Si](C)(C)C(C)(C)C. The Morgan fingerprint density at radius 1 is 1.37 bits per heavy atom. The van der Waals surface area contributed by atoms with Gasteiger partial charge in [-0.15, -0.1) is 6.58 Å². The topological polar surface area (TPSA) is 26.3 Å². The van der Waals surface area contributed by atoms with Crippen LogP contribution in [0.5, 0.6) is 0 Å². The van der Waals surface area contributed by atoms with Crippen molar-refractivity contribution in [3.8, 4) is 0 Å². The first kappa shape index (κ1) is 16.6. The van der Waals surface area contributed by atoms with Crippen LogP contribution in [0.1, 0.15) is 52.9 Å². The van der Waals surface area contributed by atoms with Crippen molar-refractivity contribution in [3.63, 3.8) is 0 Å². The van der Waals surface area contributed by atoms with Crippen molar-refractivity contribution in [2.75, 3.05) is 0 Å². The smallest absolute Gasteiger partial charge is 0.192 e. The van der Waals surface area contributed by atoms with Gasteiger partial charge < -0.3 is 4.43 Å². The average Bonchev–Trinajstić information content (AvgIpc) is 2.42. The zero-order chi connectivity index (χ0) is 14.7. The minimum absolute atomic E-state index is 0.0362. The van der Waals surface area contributed by atoms with Gasteiger partial charge in [0.2, 0.25) is 0 Å². The van der Waals surface area contributed by atoms with Crippen molar-refractivity contribution in [2.45, 2.75) is 77.1 Å². The molecule has 0 amide bonds. The fourth-order valence-corrected chi connectivity index (χ4v) is 3.79. The minimum Gasteiger partial charge on any atom is -0.413 e. The Labute approximate surface area is 119 Å². The summed E-state index contributed by atoms with van der Waals surface area (Å²) < 4.78 is 6.53. The number of Topliss-reactive ketones (excluding diaryl/α,β-unsaturated/α-hetero) is 1. The third-order valence-electron chi connectivity index (χ3n) is 4.70. The van der Waals surface area contributed by atoms with Crippen LogP contribution in [0.4, 0.5) is 0 Å². The van der Waals surface area contributed by atoms with Gasteiger partial charge in [0.15, 0.2) is 8.32 Å². The second-order valence-corrected chi connectivity index (χ2v) is 12.0. The molecule has 2 atom stereocenters. The number of rotatable bonds is 4. The van der Waals surface area contributed by atoms with Crippen LogP contribution in [0.15, 0.2) is 12.7 Å². The third kappa shape index (κ3) is 4.28. The molecule has 110 valence electrons. The number of ketones is 1. The lowest BCUT2D eigenvalue weighted by atomic mass is 9.93. The molecule has 1 saturated carbocycles. The molecule has 0 heterocycles. The predicted molar refractivity (Wildman–Crippen MR) is 83.8 cm³/mol. The first-order valence-electron chi connectivity index (χ1n) is 7.50. The molecule has 3 heteroatoms. The van der Waals surface area contributed by atoms with Gasteiger partial charge in [-0.2, -0.15) is 0 Å². The molecule has 0 N–H and O–H groups in total. The second kappa shape index (κ2) is 6.36. The molecule has 0 radical (unpaired) electrons. The zero-order valence-electron chi connectivity index (χ0n) is 13.3. The average molecular weight is 282 g/mol. The highest BCUT2D eigenvalue weighted by atomic mass is 28.4. The van der Waals surface area contributed by atoms with Crippen LogP contribution in [0.2, 0.25) is 18.1 Å². The molecule has 0 spiro atoms. The summed E-state index contributed by atoms with van der Waals surface area (Å²) in [6, 6.07) is 0. The molecular weight excluding hydrogens is 252 g/mol. The van der Waals surface area contributed by atoms with Crippen molar-refractivity contribution >= 4 is 14.1 Å². The van der Waals surface area contributed by atoms with Crippen LogP contribution in [-0.4, -0.2) is 20.2 Å². The van der Waals surface area contributed by atoms with E-state index in [2.05, 4.69) is 40.4 Å². The molecule has 0 bridgehead atoms. The van der Waals surface area contributed by atoms with E-state index in [1.807, 2.05) is 6.08 Å². The van der Waals surface area contributed by atoms with Crippen molar-refractivity contribution in [2.24, 2.45) is 5.92 Å². The van der Waals surface area contributed by atoms with Crippen LogP contribution in [0, 0.1) is 5.92 Å². The van der Waals surface area contributed by atoms with Gasteiger partial charge in [0.1, 0.15) is 5.78 Å². The van der Waals surface area contributed by atoms with Gasteiger partial charge in [-0.25, -0.2) is 0 Å². The van der Waals surface area contributed by atoms with Crippen LogP contribution in [0.25, 0.3) is 0 Å². The highest BCUT2D eigenvalue weighted by Crippen LogP contribution is 2.40. The quantitative estimate of drug-likeness (QED) is 0.424. The summed E-state index contributed by atoms with van der Waals surface area (Å²) in [7, 11) is -1.80. The maximum absolute atomic E-state index is 12.2. The number of carbonyl (C=O) groups excluding carboxylic acids is 1. The van der Waals surface area contributed by atoms with Crippen molar-refractivity contribution < 1.29 is 9.22 Å². The summed E-state index contributed by atoms with van der Waals surface area (Å²) >= 11 is 0. The molecule has 0 aromatic rings. The molecule has 0 aromatic carbocycles. The summed E-state index contributed by atoms with van der Waals surface area (Å²) in [5, 5.41) is 0.196. The van der Waals surface area contributed by atoms with Gasteiger partial charge >= 0.3 is 0 Å². The summed E-state index contributed by atoms with van der Waals surface area (Å²) in [6.07, 6.45) is 6.61. The van der Waals surface area contributed by atoms with Crippen LogP contribution in [0.3, 0.4) is 0 Å². The monoisotopic (exact) mass is 282 g/mol.